The lowest BCUT2D eigenvalue weighted by atomic mass is 9.99. The molecule has 0 spiro atoms. The summed E-state index contributed by atoms with van der Waals surface area (Å²) in [5, 5.41) is 0. The summed E-state index contributed by atoms with van der Waals surface area (Å²) in [5.41, 5.74) is 0.765. The average Bonchev–Trinajstić information content (AvgIpc) is 2.42. The van der Waals surface area contributed by atoms with Crippen molar-refractivity contribution in [2.75, 3.05) is 14.2 Å². The molecule has 1 aromatic rings. The molecule has 0 saturated carbocycles. The number of ether oxygens (including phenoxy) is 3. The number of carbonyl (C=O) groups is 1. The molecule has 1 fully saturated rings. The van der Waals surface area contributed by atoms with E-state index in [9.17, 15) is 4.79 Å². The van der Waals surface area contributed by atoms with Gasteiger partial charge in [-0.05, 0) is 31.2 Å². The van der Waals surface area contributed by atoms with Crippen LogP contribution in [0.15, 0.2) is 29.3 Å². The molecule has 0 amide bonds. The van der Waals surface area contributed by atoms with Crippen LogP contribution in [-0.2, 0) is 14.3 Å². The monoisotopic (exact) mass is 249 g/mol. The van der Waals surface area contributed by atoms with Crippen molar-refractivity contribution in [3.8, 4) is 5.75 Å². The van der Waals surface area contributed by atoms with Crippen molar-refractivity contribution in [3.05, 3.63) is 24.3 Å². The van der Waals surface area contributed by atoms with Gasteiger partial charge in [-0.1, -0.05) is 0 Å². The molecule has 2 atom stereocenters. The summed E-state index contributed by atoms with van der Waals surface area (Å²) in [7, 11) is 2.95. The fraction of sp³-hybridized carbons (Fsp3) is 0.385. The number of carbonyl (C=O) groups excluding carboxylic acids is 1. The SMILES string of the molecule is COC(=O)[C@@H]1OC(=Nc2ccc(OC)cc2)[C@H]1C. The Labute approximate surface area is 105 Å². The number of esters is 1. The van der Waals surface area contributed by atoms with Crippen molar-refractivity contribution in [2.24, 2.45) is 10.9 Å². The van der Waals surface area contributed by atoms with Crippen molar-refractivity contribution in [2.45, 2.75) is 13.0 Å². The second kappa shape index (κ2) is 5.08. The number of benzene rings is 1. The summed E-state index contributed by atoms with van der Waals surface area (Å²) < 4.78 is 15.0. The number of methoxy groups -OCH3 is 2. The highest BCUT2D eigenvalue weighted by Crippen LogP contribution is 2.27. The van der Waals surface area contributed by atoms with Gasteiger partial charge < -0.3 is 14.2 Å². The first-order valence-corrected chi connectivity index (χ1v) is 5.63. The molecule has 0 bridgehead atoms. The molecule has 2 rings (SSSR count). The maximum absolute atomic E-state index is 11.3. The van der Waals surface area contributed by atoms with Crippen LogP contribution in [0.4, 0.5) is 5.69 Å². The highest BCUT2D eigenvalue weighted by Gasteiger charge is 2.42. The first kappa shape index (κ1) is 12.4. The zero-order valence-electron chi connectivity index (χ0n) is 10.5. The molecule has 0 unspecified atom stereocenters. The Morgan fingerprint density at radius 1 is 1.28 bits per heavy atom. The minimum Gasteiger partial charge on any atom is -0.497 e. The van der Waals surface area contributed by atoms with Crippen LogP contribution >= 0.6 is 0 Å². The molecule has 18 heavy (non-hydrogen) atoms. The second-order valence-corrected chi connectivity index (χ2v) is 4.00. The van der Waals surface area contributed by atoms with Gasteiger partial charge in [-0.25, -0.2) is 9.79 Å². The lowest BCUT2D eigenvalue weighted by Gasteiger charge is -2.33. The number of rotatable bonds is 3. The predicted molar refractivity (Wildman–Crippen MR) is 66.1 cm³/mol. The van der Waals surface area contributed by atoms with Crippen LogP contribution in [-0.4, -0.2) is 32.2 Å². The van der Waals surface area contributed by atoms with E-state index in [1.165, 1.54) is 7.11 Å². The third kappa shape index (κ3) is 2.30. The summed E-state index contributed by atoms with van der Waals surface area (Å²) in [5.74, 6) is 0.903. The van der Waals surface area contributed by atoms with E-state index in [1.807, 2.05) is 31.2 Å². The van der Waals surface area contributed by atoms with Gasteiger partial charge in [-0.15, -0.1) is 0 Å². The molecule has 1 aliphatic rings. The van der Waals surface area contributed by atoms with Crippen molar-refractivity contribution >= 4 is 17.6 Å². The van der Waals surface area contributed by atoms with Crippen LogP contribution in [0, 0.1) is 5.92 Å². The number of nitrogens with zero attached hydrogens (tertiary/aromatic N) is 1. The van der Waals surface area contributed by atoms with Crippen LogP contribution in [0.25, 0.3) is 0 Å². The zero-order valence-corrected chi connectivity index (χ0v) is 10.5. The lowest BCUT2D eigenvalue weighted by Crippen LogP contribution is -2.48. The summed E-state index contributed by atoms with van der Waals surface area (Å²) in [6, 6.07) is 7.29. The Balaban J connectivity index is 2.05. The van der Waals surface area contributed by atoms with Gasteiger partial charge in [0.15, 0.2) is 5.90 Å². The standard InChI is InChI=1S/C13H15NO4/c1-8-11(13(15)17-3)18-12(8)14-9-4-6-10(16-2)7-5-9/h4-8,11H,1-3H3/t8-,11+/m0/s1. The average molecular weight is 249 g/mol. The normalized spacial score (nSPS) is 24.1. The van der Waals surface area contributed by atoms with Crippen LogP contribution in [0.5, 0.6) is 5.75 Å². The van der Waals surface area contributed by atoms with Crippen molar-refractivity contribution in [1.82, 2.24) is 0 Å². The number of hydrogen-bond acceptors (Lipinski definition) is 5. The van der Waals surface area contributed by atoms with Crippen LogP contribution in [0.3, 0.4) is 0 Å². The first-order chi connectivity index (χ1) is 8.65. The minimum atomic E-state index is -0.535. The van der Waals surface area contributed by atoms with E-state index in [2.05, 4.69) is 9.73 Å². The summed E-state index contributed by atoms with van der Waals surface area (Å²) in [6.07, 6.45) is -0.535. The molecule has 5 heteroatoms. The smallest absolute Gasteiger partial charge is 0.347 e. The Bertz CT molecular complexity index is 466. The highest BCUT2D eigenvalue weighted by molar-refractivity contribution is 5.95. The van der Waals surface area contributed by atoms with Gasteiger partial charge in [0.25, 0.3) is 0 Å². The van der Waals surface area contributed by atoms with Gasteiger partial charge in [0.05, 0.1) is 25.8 Å². The van der Waals surface area contributed by atoms with Crippen molar-refractivity contribution in [1.29, 1.82) is 0 Å². The Kier molecular flexibility index (Phi) is 3.50. The molecule has 1 saturated heterocycles. The molecule has 0 N–H and O–H groups in total. The zero-order chi connectivity index (χ0) is 13.1. The van der Waals surface area contributed by atoms with Crippen LogP contribution in [0.2, 0.25) is 0 Å². The van der Waals surface area contributed by atoms with Gasteiger partial charge in [-0.2, -0.15) is 0 Å². The fourth-order valence-electron chi connectivity index (χ4n) is 1.68. The van der Waals surface area contributed by atoms with Gasteiger partial charge in [0.2, 0.25) is 6.10 Å². The Morgan fingerprint density at radius 3 is 2.44 bits per heavy atom. The fourth-order valence-corrected chi connectivity index (χ4v) is 1.68. The third-order valence-electron chi connectivity index (χ3n) is 2.84. The van der Waals surface area contributed by atoms with E-state index in [0.717, 1.165) is 11.4 Å². The molecule has 5 nitrogen and oxygen atoms in total. The Morgan fingerprint density at radius 2 is 1.94 bits per heavy atom. The lowest BCUT2D eigenvalue weighted by molar-refractivity contribution is -0.155. The summed E-state index contributed by atoms with van der Waals surface area (Å²) in [4.78, 5) is 15.6. The molecule has 1 heterocycles. The molecule has 96 valence electrons. The van der Waals surface area contributed by atoms with Gasteiger partial charge in [0.1, 0.15) is 5.75 Å². The predicted octanol–water partition coefficient (Wildman–Crippen LogP) is 1.93. The van der Waals surface area contributed by atoms with E-state index < -0.39 is 6.10 Å². The van der Waals surface area contributed by atoms with Gasteiger partial charge >= 0.3 is 5.97 Å². The molecular weight excluding hydrogens is 234 g/mol. The highest BCUT2D eigenvalue weighted by atomic mass is 16.6. The molecular formula is C13H15NO4. The maximum atomic E-state index is 11.3. The Hall–Kier alpha value is -2.04. The second-order valence-electron chi connectivity index (χ2n) is 4.00. The molecule has 0 aromatic heterocycles. The van der Waals surface area contributed by atoms with Crippen molar-refractivity contribution < 1.29 is 19.0 Å². The van der Waals surface area contributed by atoms with E-state index in [-0.39, 0.29) is 11.9 Å². The van der Waals surface area contributed by atoms with Crippen LogP contribution in [0.1, 0.15) is 6.92 Å². The molecule has 1 aromatic carbocycles. The molecule has 1 aliphatic heterocycles. The van der Waals surface area contributed by atoms with Gasteiger partial charge in [-0.3, -0.25) is 0 Å². The van der Waals surface area contributed by atoms with E-state index >= 15 is 0 Å². The largest absolute Gasteiger partial charge is 0.497 e. The first-order valence-electron chi connectivity index (χ1n) is 5.63. The topological polar surface area (TPSA) is 57.1 Å². The summed E-state index contributed by atoms with van der Waals surface area (Å²) >= 11 is 0. The van der Waals surface area contributed by atoms with Crippen LogP contribution < -0.4 is 4.74 Å². The number of aliphatic imine (C=N–C) groups is 1. The van der Waals surface area contributed by atoms with Crippen molar-refractivity contribution in [3.63, 3.8) is 0 Å². The maximum Gasteiger partial charge on any atom is 0.347 e. The third-order valence-corrected chi connectivity index (χ3v) is 2.84. The van der Waals surface area contributed by atoms with E-state index in [0.29, 0.717) is 5.90 Å². The van der Waals surface area contributed by atoms with E-state index in [4.69, 9.17) is 9.47 Å². The molecule has 0 radical (unpaired) electrons. The number of hydrogen-bond donors (Lipinski definition) is 0. The van der Waals surface area contributed by atoms with E-state index in [1.54, 1.807) is 7.11 Å². The minimum absolute atomic E-state index is 0.0560. The quantitative estimate of drug-likeness (QED) is 0.768. The van der Waals surface area contributed by atoms with Gasteiger partial charge in [0, 0.05) is 0 Å². The summed E-state index contributed by atoms with van der Waals surface area (Å²) in [6.45, 7) is 1.88. The molecule has 0 aliphatic carbocycles.